The molecular formula is C21H26ClN3OS. The lowest BCUT2D eigenvalue weighted by Gasteiger charge is -2.59. The molecule has 4 bridgehead atoms. The number of amides is 1. The van der Waals surface area contributed by atoms with E-state index in [9.17, 15) is 4.79 Å². The molecule has 2 aromatic rings. The van der Waals surface area contributed by atoms with Gasteiger partial charge < -0.3 is 10.3 Å². The Labute approximate surface area is 169 Å². The van der Waals surface area contributed by atoms with Gasteiger partial charge in [-0.3, -0.25) is 4.79 Å². The van der Waals surface area contributed by atoms with Crippen LogP contribution in [0.15, 0.2) is 23.4 Å². The zero-order chi connectivity index (χ0) is 18.6. The zero-order valence-corrected chi connectivity index (χ0v) is 17.2. The molecule has 2 N–H and O–H groups in total. The van der Waals surface area contributed by atoms with E-state index in [4.69, 9.17) is 11.6 Å². The minimum absolute atomic E-state index is 0.113. The van der Waals surface area contributed by atoms with Crippen LogP contribution in [0.5, 0.6) is 0 Å². The molecule has 6 rings (SSSR count). The summed E-state index contributed by atoms with van der Waals surface area (Å²) in [6.45, 7) is 2.24. The van der Waals surface area contributed by atoms with Crippen LogP contribution in [0.25, 0.3) is 11.0 Å². The summed E-state index contributed by atoms with van der Waals surface area (Å²) in [7, 11) is 0. The Morgan fingerprint density at radius 1 is 1.30 bits per heavy atom. The van der Waals surface area contributed by atoms with Gasteiger partial charge in [0.1, 0.15) is 0 Å². The number of imidazole rings is 1. The summed E-state index contributed by atoms with van der Waals surface area (Å²) in [5, 5.41) is 4.78. The van der Waals surface area contributed by atoms with E-state index in [2.05, 4.69) is 22.2 Å². The number of aromatic amines is 1. The van der Waals surface area contributed by atoms with Crippen molar-refractivity contribution in [3.8, 4) is 0 Å². The van der Waals surface area contributed by atoms with E-state index in [1.165, 1.54) is 50.3 Å². The fourth-order valence-corrected chi connectivity index (χ4v) is 7.17. The number of nitrogens with zero attached hydrogens (tertiary/aromatic N) is 1. The third-order valence-electron chi connectivity index (χ3n) is 7.14. The van der Waals surface area contributed by atoms with Gasteiger partial charge in [-0.1, -0.05) is 23.4 Å². The van der Waals surface area contributed by atoms with Crippen molar-refractivity contribution in [1.82, 2.24) is 15.3 Å². The van der Waals surface area contributed by atoms with Gasteiger partial charge in [-0.15, -0.1) is 0 Å². The quantitative estimate of drug-likeness (QED) is 0.688. The Bertz CT molecular complexity index is 844. The van der Waals surface area contributed by atoms with Crippen molar-refractivity contribution < 1.29 is 4.79 Å². The molecule has 4 saturated carbocycles. The van der Waals surface area contributed by atoms with Crippen LogP contribution in [0.3, 0.4) is 0 Å². The highest BCUT2D eigenvalue weighted by Crippen LogP contribution is 2.61. The molecule has 1 heterocycles. The maximum Gasteiger partial charge on any atom is 0.230 e. The Morgan fingerprint density at radius 2 is 1.96 bits per heavy atom. The first kappa shape index (κ1) is 17.9. The zero-order valence-electron chi connectivity index (χ0n) is 15.6. The first-order chi connectivity index (χ1) is 13.0. The Balaban J connectivity index is 1.20. The second kappa shape index (κ2) is 6.70. The van der Waals surface area contributed by atoms with Gasteiger partial charge in [0.05, 0.1) is 16.8 Å². The van der Waals surface area contributed by atoms with Gasteiger partial charge >= 0.3 is 0 Å². The van der Waals surface area contributed by atoms with Crippen LogP contribution in [-0.4, -0.2) is 27.7 Å². The van der Waals surface area contributed by atoms with E-state index in [0.29, 0.717) is 16.2 Å². The van der Waals surface area contributed by atoms with Gasteiger partial charge in [0.2, 0.25) is 5.91 Å². The molecule has 1 aromatic heterocycles. The third kappa shape index (κ3) is 3.38. The average molecular weight is 404 g/mol. The van der Waals surface area contributed by atoms with E-state index in [-0.39, 0.29) is 11.9 Å². The van der Waals surface area contributed by atoms with E-state index in [1.807, 2.05) is 18.2 Å². The smallest absolute Gasteiger partial charge is 0.230 e. The number of carbonyl (C=O) groups excluding carboxylic acids is 1. The fraction of sp³-hybridized carbons (Fsp3) is 0.619. The normalized spacial score (nSPS) is 32.7. The van der Waals surface area contributed by atoms with Crippen molar-refractivity contribution in [1.29, 1.82) is 0 Å². The number of hydrogen-bond donors (Lipinski definition) is 2. The molecule has 6 heteroatoms. The molecule has 4 aliphatic carbocycles. The number of fused-ring (bicyclic) bond motifs is 1. The number of aromatic nitrogens is 2. The van der Waals surface area contributed by atoms with Crippen molar-refractivity contribution in [2.45, 2.75) is 56.6 Å². The highest BCUT2D eigenvalue weighted by atomic mass is 35.5. The van der Waals surface area contributed by atoms with Crippen LogP contribution in [0, 0.1) is 23.2 Å². The maximum atomic E-state index is 12.6. The number of H-pyrrole nitrogens is 1. The first-order valence-corrected chi connectivity index (χ1v) is 11.4. The van der Waals surface area contributed by atoms with Gasteiger partial charge in [0.15, 0.2) is 5.16 Å². The molecule has 4 aliphatic rings. The number of carbonyl (C=O) groups is 1. The molecule has 1 amide bonds. The van der Waals surface area contributed by atoms with Crippen LogP contribution in [-0.2, 0) is 4.79 Å². The Hall–Kier alpha value is -1.20. The first-order valence-electron chi connectivity index (χ1n) is 10.1. The number of hydrogen-bond acceptors (Lipinski definition) is 3. The van der Waals surface area contributed by atoms with Gasteiger partial charge in [-0.2, -0.15) is 0 Å². The third-order valence-corrected chi connectivity index (χ3v) is 8.25. The molecule has 4 nitrogen and oxygen atoms in total. The largest absolute Gasteiger partial charge is 0.352 e. The lowest BCUT2D eigenvalue weighted by atomic mass is 9.48. The number of halogens is 1. The molecule has 0 unspecified atom stereocenters. The SMILES string of the molecule is C[C@H](NC(=O)CSc1nc2ccc(Cl)cc2[nH]1)C12CC3CC(CC(C3)C1)C2. The molecule has 1 aromatic carbocycles. The van der Waals surface area contributed by atoms with E-state index >= 15 is 0 Å². The summed E-state index contributed by atoms with van der Waals surface area (Å²) in [5.74, 6) is 3.23. The second-order valence-corrected chi connectivity index (χ2v) is 10.5. The standard InChI is InChI=1S/C21H26ClN3OS/c1-12(21-8-13-4-14(9-21)6-15(5-13)10-21)23-19(26)11-27-20-24-17-3-2-16(22)7-18(17)25-20/h2-3,7,12-15H,4-6,8-11H2,1H3,(H,23,26)(H,24,25)/t12-,13?,14?,15?,21?/m0/s1. The van der Waals surface area contributed by atoms with Crippen molar-refractivity contribution in [3.05, 3.63) is 23.2 Å². The van der Waals surface area contributed by atoms with Gasteiger partial charge in [-0.05, 0) is 86.8 Å². The lowest BCUT2D eigenvalue weighted by molar-refractivity contribution is -0.123. The molecule has 0 spiro atoms. The monoisotopic (exact) mass is 403 g/mol. The summed E-state index contributed by atoms with van der Waals surface area (Å²) in [6.07, 6.45) is 8.26. The number of rotatable bonds is 5. The minimum atomic E-state index is 0.113. The summed E-state index contributed by atoms with van der Waals surface area (Å²) >= 11 is 7.48. The highest BCUT2D eigenvalue weighted by molar-refractivity contribution is 7.99. The number of benzene rings is 1. The van der Waals surface area contributed by atoms with Crippen molar-refractivity contribution in [2.24, 2.45) is 23.2 Å². The van der Waals surface area contributed by atoms with Crippen LogP contribution in [0.1, 0.15) is 45.4 Å². The summed E-state index contributed by atoms with van der Waals surface area (Å²) in [5.41, 5.74) is 2.14. The highest BCUT2D eigenvalue weighted by Gasteiger charge is 2.53. The Morgan fingerprint density at radius 3 is 2.63 bits per heavy atom. The van der Waals surface area contributed by atoms with E-state index in [1.54, 1.807) is 0 Å². The lowest BCUT2D eigenvalue weighted by Crippen LogP contribution is -2.56. The molecule has 144 valence electrons. The summed E-state index contributed by atoms with van der Waals surface area (Å²) < 4.78 is 0. The number of nitrogens with one attached hydrogen (secondary N) is 2. The van der Waals surface area contributed by atoms with Crippen LogP contribution >= 0.6 is 23.4 Å². The van der Waals surface area contributed by atoms with Crippen LogP contribution < -0.4 is 5.32 Å². The van der Waals surface area contributed by atoms with Crippen molar-refractivity contribution in [3.63, 3.8) is 0 Å². The second-order valence-electron chi connectivity index (χ2n) is 9.06. The van der Waals surface area contributed by atoms with Crippen molar-refractivity contribution in [2.75, 3.05) is 5.75 Å². The molecule has 0 saturated heterocycles. The van der Waals surface area contributed by atoms with Crippen molar-refractivity contribution >= 4 is 40.3 Å². The molecule has 27 heavy (non-hydrogen) atoms. The van der Waals surface area contributed by atoms with Gasteiger partial charge in [0, 0.05) is 11.1 Å². The number of thioether (sulfide) groups is 1. The molecule has 1 atom stereocenters. The average Bonchev–Trinajstić information content (AvgIpc) is 3.01. The molecule has 0 radical (unpaired) electrons. The minimum Gasteiger partial charge on any atom is -0.352 e. The predicted octanol–water partition coefficient (Wildman–Crippen LogP) is 5.03. The van der Waals surface area contributed by atoms with E-state index < -0.39 is 0 Å². The summed E-state index contributed by atoms with van der Waals surface area (Å²) in [6, 6.07) is 5.86. The summed E-state index contributed by atoms with van der Waals surface area (Å²) in [4.78, 5) is 20.4. The topological polar surface area (TPSA) is 57.8 Å². The van der Waals surface area contributed by atoms with Gasteiger partial charge in [0.25, 0.3) is 0 Å². The molecule has 0 aliphatic heterocycles. The fourth-order valence-electron chi connectivity index (χ4n) is 6.30. The predicted molar refractivity (Wildman–Crippen MR) is 110 cm³/mol. The van der Waals surface area contributed by atoms with Crippen LogP contribution in [0.2, 0.25) is 5.02 Å². The molecular weight excluding hydrogens is 378 g/mol. The van der Waals surface area contributed by atoms with Gasteiger partial charge in [-0.25, -0.2) is 4.98 Å². The van der Waals surface area contributed by atoms with E-state index in [0.717, 1.165) is 33.9 Å². The van der Waals surface area contributed by atoms with Crippen LogP contribution in [0.4, 0.5) is 0 Å². The Kier molecular flexibility index (Phi) is 4.43. The maximum absolute atomic E-state index is 12.6. The molecule has 4 fully saturated rings.